The van der Waals surface area contributed by atoms with Crippen LogP contribution in [0.15, 0.2) is 47.3 Å². The first kappa shape index (κ1) is 17.1. The fraction of sp³-hybridized carbons (Fsp3) is 0.318. The number of hydrogen-bond donors (Lipinski definition) is 0. The summed E-state index contributed by atoms with van der Waals surface area (Å²) in [6.07, 6.45) is 8.71. The van der Waals surface area contributed by atoms with Gasteiger partial charge in [-0.25, -0.2) is 9.97 Å². The van der Waals surface area contributed by atoms with Crippen molar-refractivity contribution in [2.24, 2.45) is 0 Å². The minimum atomic E-state index is -0.0858. The Balaban J connectivity index is 1.49. The Labute approximate surface area is 172 Å². The van der Waals surface area contributed by atoms with Gasteiger partial charge in [-0.1, -0.05) is 0 Å². The zero-order valence-corrected chi connectivity index (χ0v) is 16.7. The lowest BCUT2D eigenvalue weighted by atomic mass is 10.1. The van der Waals surface area contributed by atoms with E-state index in [0.717, 1.165) is 53.7 Å². The third-order valence-electron chi connectivity index (χ3n) is 5.69. The predicted molar refractivity (Wildman–Crippen MR) is 112 cm³/mol. The summed E-state index contributed by atoms with van der Waals surface area (Å²) in [5, 5.41) is 1.23. The number of pyridine rings is 1. The van der Waals surface area contributed by atoms with Crippen LogP contribution < -0.4 is 4.90 Å². The van der Waals surface area contributed by atoms with Crippen LogP contribution in [-0.2, 0) is 17.6 Å². The second kappa shape index (κ2) is 6.93. The SMILES string of the molecule is c1cncc(-c2nc(N3CCOC(c4ccco4)C3)c3c4c(sc3n2)CCC4)c1. The number of fused-ring (bicyclic) bond motifs is 3. The summed E-state index contributed by atoms with van der Waals surface area (Å²) >= 11 is 1.82. The van der Waals surface area contributed by atoms with E-state index in [1.807, 2.05) is 41.8 Å². The molecule has 6 nitrogen and oxygen atoms in total. The molecular formula is C22H20N4O2S. The van der Waals surface area contributed by atoms with Gasteiger partial charge in [0.1, 0.15) is 22.5 Å². The molecule has 2 aliphatic rings. The van der Waals surface area contributed by atoms with E-state index >= 15 is 0 Å². The summed E-state index contributed by atoms with van der Waals surface area (Å²) in [4.78, 5) is 19.1. The van der Waals surface area contributed by atoms with Gasteiger partial charge in [0.25, 0.3) is 0 Å². The fourth-order valence-corrected chi connectivity index (χ4v) is 5.57. The van der Waals surface area contributed by atoms with E-state index in [-0.39, 0.29) is 6.10 Å². The number of nitrogens with zero attached hydrogens (tertiary/aromatic N) is 4. The topological polar surface area (TPSA) is 64.3 Å². The Morgan fingerprint density at radius 1 is 1.14 bits per heavy atom. The molecule has 1 fully saturated rings. The molecule has 29 heavy (non-hydrogen) atoms. The van der Waals surface area contributed by atoms with Crippen molar-refractivity contribution in [2.45, 2.75) is 25.4 Å². The maximum absolute atomic E-state index is 5.99. The predicted octanol–water partition coefficient (Wildman–Crippen LogP) is 4.41. The number of ether oxygens (including phenoxy) is 1. The van der Waals surface area contributed by atoms with E-state index in [4.69, 9.17) is 19.1 Å². The normalized spacial score (nSPS) is 19.0. The van der Waals surface area contributed by atoms with Crippen LogP contribution in [0, 0.1) is 0 Å². The largest absolute Gasteiger partial charge is 0.467 e. The number of aromatic nitrogens is 3. The lowest BCUT2D eigenvalue weighted by molar-refractivity contribution is 0.0256. The van der Waals surface area contributed by atoms with Gasteiger partial charge in [0.2, 0.25) is 0 Å². The third kappa shape index (κ3) is 2.92. The molecule has 4 aromatic heterocycles. The Morgan fingerprint density at radius 2 is 2.14 bits per heavy atom. The molecule has 4 aromatic rings. The second-order valence-corrected chi connectivity index (χ2v) is 8.55. The average Bonchev–Trinajstić information content (AvgIpc) is 3.51. The lowest BCUT2D eigenvalue weighted by Crippen LogP contribution is -2.39. The van der Waals surface area contributed by atoms with Gasteiger partial charge in [-0.05, 0) is 49.1 Å². The Kier molecular flexibility index (Phi) is 4.09. The molecular weight excluding hydrogens is 384 g/mol. The standard InChI is InChI=1S/C22H20N4O2S/c1-5-15-18(7-1)29-22-19(15)21(24-20(25-22)14-4-2-8-23-12-14)26-9-11-28-17(13-26)16-6-3-10-27-16/h2-4,6,8,10,12,17H,1,5,7,9,11,13H2. The molecule has 1 aliphatic heterocycles. The van der Waals surface area contributed by atoms with Crippen molar-refractivity contribution in [1.29, 1.82) is 0 Å². The van der Waals surface area contributed by atoms with Gasteiger partial charge >= 0.3 is 0 Å². The molecule has 0 bridgehead atoms. The summed E-state index contributed by atoms with van der Waals surface area (Å²) in [5.41, 5.74) is 2.39. The van der Waals surface area contributed by atoms with Crippen LogP contribution in [0.1, 0.15) is 28.7 Å². The van der Waals surface area contributed by atoms with Crippen LogP contribution in [0.2, 0.25) is 0 Å². The van der Waals surface area contributed by atoms with Crippen molar-refractivity contribution in [3.8, 4) is 11.4 Å². The average molecular weight is 404 g/mol. The number of thiophene rings is 1. The van der Waals surface area contributed by atoms with Crippen LogP contribution in [0.3, 0.4) is 0 Å². The highest BCUT2D eigenvalue weighted by Gasteiger charge is 2.29. The van der Waals surface area contributed by atoms with Gasteiger partial charge in [-0.15, -0.1) is 11.3 Å². The highest BCUT2D eigenvalue weighted by molar-refractivity contribution is 7.19. The quantitative estimate of drug-likeness (QED) is 0.504. The zero-order valence-electron chi connectivity index (χ0n) is 15.9. The molecule has 0 N–H and O–H groups in total. The van der Waals surface area contributed by atoms with E-state index in [0.29, 0.717) is 6.61 Å². The zero-order chi connectivity index (χ0) is 19.2. The highest BCUT2D eigenvalue weighted by atomic mass is 32.1. The molecule has 1 atom stereocenters. The fourth-order valence-electron chi connectivity index (χ4n) is 4.32. The molecule has 1 saturated heterocycles. The van der Waals surface area contributed by atoms with Crippen LogP contribution >= 0.6 is 11.3 Å². The first-order valence-electron chi connectivity index (χ1n) is 9.99. The molecule has 7 heteroatoms. The Bertz CT molecular complexity index is 1160. The highest BCUT2D eigenvalue weighted by Crippen LogP contribution is 2.42. The molecule has 1 unspecified atom stereocenters. The van der Waals surface area contributed by atoms with Crippen LogP contribution in [0.25, 0.3) is 21.6 Å². The number of furan rings is 1. The van der Waals surface area contributed by atoms with Crippen molar-refractivity contribution in [3.05, 3.63) is 59.1 Å². The van der Waals surface area contributed by atoms with Gasteiger partial charge in [-0.2, -0.15) is 0 Å². The minimum absolute atomic E-state index is 0.0858. The van der Waals surface area contributed by atoms with Crippen LogP contribution in [-0.4, -0.2) is 34.6 Å². The summed E-state index contributed by atoms with van der Waals surface area (Å²) in [5.74, 6) is 2.62. The van der Waals surface area contributed by atoms with Crippen molar-refractivity contribution in [2.75, 3.05) is 24.6 Å². The molecule has 5 heterocycles. The number of aryl methyl sites for hydroxylation is 2. The van der Waals surface area contributed by atoms with E-state index < -0.39 is 0 Å². The summed E-state index contributed by atoms with van der Waals surface area (Å²) in [6, 6.07) is 7.84. The van der Waals surface area contributed by atoms with E-state index in [1.54, 1.807) is 12.5 Å². The number of anilines is 1. The van der Waals surface area contributed by atoms with Crippen molar-refractivity contribution < 1.29 is 9.15 Å². The smallest absolute Gasteiger partial charge is 0.164 e. The minimum Gasteiger partial charge on any atom is -0.467 e. The molecule has 1 aliphatic carbocycles. The van der Waals surface area contributed by atoms with Crippen LogP contribution in [0.5, 0.6) is 0 Å². The molecule has 0 amide bonds. The van der Waals surface area contributed by atoms with Crippen molar-refractivity contribution in [1.82, 2.24) is 15.0 Å². The Morgan fingerprint density at radius 3 is 3.00 bits per heavy atom. The van der Waals surface area contributed by atoms with Gasteiger partial charge in [0, 0.05) is 29.4 Å². The van der Waals surface area contributed by atoms with Gasteiger partial charge < -0.3 is 14.1 Å². The van der Waals surface area contributed by atoms with Crippen molar-refractivity contribution in [3.63, 3.8) is 0 Å². The van der Waals surface area contributed by atoms with E-state index in [1.165, 1.54) is 22.2 Å². The van der Waals surface area contributed by atoms with E-state index in [9.17, 15) is 0 Å². The maximum atomic E-state index is 5.99. The molecule has 0 spiro atoms. The first-order chi connectivity index (χ1) is 14.4. The monoisotopic (exact) mass is 404 g/mol. The summed E-state index contributed by atoms with van der Waals surface area (Å²) in [7, 11) is 0. The first-order valence-corrected chi connectivity index (χ1v) is 10.8. The van der Waals surface area contributed by atoms with Gasteiger partial charge in [-0.3, -0.25) is 4.98 Å². The molecule has 6 rings (SSSR count). The number of hydrogen-bond acceptors (Lipinski definition) is 7. The second-order valence-electron chi connectivity index (χ2n) is 7.47. The molecule has 0 radical (unpaired) electrons. The van der Waals surface area contributed by atoms with Gasteiger partial charge in [0.05, 0.1) is 24.8 Å². The maximum Gasteiger partial charge on any atom is 0.164 e. The Hall–Kier alpha value is -2.77. The summed E-state index contributed by atoms with van der Waals surface area (Å²) in [6.45, 7) is 2.17. The van der Waals surface area contributed by atoms with Crippen molar-refractivity contribution >= 4 is 27.4 Å². The molecule has 146 valence electrons. The third-order valence-corrected chi connectivity index (χ3v) is 6.88. The van der Waals surface area contributed by atoms with E-state index in [2.05, 4.69) is 9.88 Å². The molecule has 0 saturated carbocycles. The molecule has 0 aromatic carbocycles. The summed E-state index contributed by atoms with van der Waals surface area (Å²) < 4.78 is 11.6. The van der Waals surface area contributed by atoms with Crippen LogP contribution in [0.4, 0.5) is 5.82 Å². The lowest BCUT2D eigenvalue weighted by Gasteiger charge is -2.33. The number of rotatable bonds is 3. The van der Waals surface area contributed by atoms with Gasteiger partial charge in [0.15, 0.2) is 5.82 Å². The number of morpholine rings is 1.